The molecule has 172 valence electrons. The summed E-state index contributed by atoms with van der Waals surface area (Å²) in [5, 5.41) is 1.85. The Morgan fingerprint density at radius 2 is 1.62 bits per heavy atom. The molecule has 0 saturated carbocycles. The number of sulfonamides is 1. The van der Waals surface area contributed by atoms with Crippen molar-refractivity contribution in [3.8, 4) is 10.7 Å². The molecule has 0 bridgehead atoms. The highest BCUT2D eigenvalue weighted by molar-refractivity contribution is 7.92. The molecule has 0 unspecified atom stereocenters. The van der Waals surface area contributed by atoms with Gasteiger partial charge in [0, 0.05) is 44.0 Å². The second-order valence-electron chi connectivity index (χ2n) is 7.69. The van der Waals surface area contributed by atoms with E-state index in [-0.39, 0.29) is 37.8 Å². The predicted molar refractivity (Wildman–Crippen MR) is 133 cm³/mol. The van der Waals surface area contributed by atoms with Gasteiger partial charge in [-0.15, -0.1) is 11.3 Å². The van der Waals surface area contributed by atoms with E-state index in [2.05, 4.69) is 15.0 Å². The van der Waals surface area contributed by atoms with Crippen molar-refractivity contribution in [2.24, 2.45) is 0 Å². The van der Waals surface area contributed by atoms with E-state index in [0.717, 1.165) is 15.8 Å². The van der Waals surface area contributed by atoms with Gasteiger partial charge in [-0.25, -0.2) is 23.4 Å². The van der Waals surface area contributed by atoms with Gasteiger partial charge in [0.1, 0.15) is 10.7 Å². The summed E-state index contributed by atoms with van der Waals surface area (Å²) in [6.07, 6.45) is 4.61. The fourth-order valence-electron chi connectivity index (χ4n) is 3.73. The van der Waals surface area contributed by atoms with Crippen LogP contribution in [0.4, 0.5) is 0 Å². The first kappa shape index (κ1) is 22.3. The Balaban J connectivity index is 1.31. The number of aromatic nitrogens is 3. The highest BCUT2D eigenvalue weighted by Gasteiger charge is 2.30. The van der Waals surface area contributed by atoms with Gasteiger partial charge in [-0.2, -0.15) is 4.31 Å². The molecular formula is C24H21N5O3S2. The van der Waals surface area contributed by atoms with Crippen LogP contribution in [-0.4, -0.2) is 64.7 Å². The van der Waals surface area contributed by atoms with Crippen LogP contribution in [0.1, 0.15) is 16.1 Å². The lowest BCUT2D eigenvalue weighted by molar-refractivity contribution is 0.0693. The van der Waals surface area contributed by atoms with Crippen molar-refractivity contribution in [1.82, 2.24) is 24.2 Å². The molecule has 4 aromatic rings. The summed E-state index contributed by atoms with van der Waals surface area (Å²) in [5.41, 5.74) is 2.32. The number of nitrogens with zero attached hydrogens (tertiary/aromatic N) is 5. The molecule has 1 fully saturated rings. The molecule has 0 radical (unpaired) electrons. The average molecular weight is 492 g/mol. The van der Waals surface area contributed by atoms with Crippen molar-refractivity contribution in [3.63, 3.8) is 0 Å². The van der Waals surface area contributed by atoms with Gasteiger partial charge in [-0.1, -0.05) is 42.5 Å². The van der Waals surface area contributed by atoms with Gasteiger partial charge in [0.25, 0.3) is 5.91 Å². The Morgan fingerprint density at radius 1 is 0.912 bits per heavy atom. The number of carbonyl (C=O) groups excluding carboxylic acids is 1. The lowest BCUT2D eigenvalue weighted by atomic mass is 10.2. The molecule has 8 nitrogen and oxygen atoms in total. The van der Waals surface area contributed by atoms with E-state index in [9.17, 15) is 13.2 Å². The van der Waals surface area contributed by atoms with E-state index in [1.807, 2.05) is 54.6 Å². The normalized spacial score (nSPS) is 15.2. The predicted octanol–water partition coefficient (Wildman–Crippen LogP) is 3.51. The van der Waals surface area contributed by atoms with E-state index in [4.69, 9.17) is 0 Å². The number of piperazine rings is 1. The Morgan fingerprint density at radius 3 is 2.38 bits per heavy atom. The first-order valence-electron chi connectivity index (χ1n) is 10.7. The largest absolute Gasteiger partial charge is 0.335 e. The lowest BCUT2D eigenvalue weighted by Crippen LogP contribution is -2.50. The summed E-state index contributed by atoms with van der Waals surface area (Å²) >= 11 is 1.46. The second-order valence-corrected chi connectivity index (χ2v) is 10.5. The van der Waals surface area contributed by atoms with Crippen LogP contribution in [0, 0.1) is 0 Å². The maximum absolute atomic E-state index is 13.3. The van der Waals surface area contributed by atoms with Crippen LogP contribution in [-0.2, 0) is 10.0 Å². The summed E-state index contributed by atoms with van der Waals surface area (Å²) in [6.45, 7) is 0.966. The topological polar surface area (TPSA) is 96.4 Å². The summed E-state index contributed by atoms with van der Waals surface area (Å²) in [7, 11) is -3.58. The monoisotopic (exact) mass is 491 g/mol. The zero-order chi connectivity index (χ0) is 23.5. The molecular weight excluding hydrogens is 470 g/mol. The van der Waals surface area contributed by atoms with Gasteiger partial charge >= 0.3 is 0 Å². The SMILES string of the molecule is O=C(c1nccnc1-c1nc2ccccc2s1)N1CCN(S(=O)(=O)C=Cc2ccccc2)CC1. The number of hydrogen-bond acceptors (Lipinski definition) is 7. The van der Waals surface area contributed by atoms with Crippen LogP contribution in [0.5, 0.6) is 0 Å². The van der Waals surface area contributed by atoms with Crippen molar-refractivity contribution in [2.75, 3.05) is 26.2 Å². The van der Waals surface area contributed by atoms with Crippen LogP contribution < -0.4 is 0 Å². The van der Waals surface area contributed by atoms with Gasteiger partial charge < -0.3 is 4.90 Å². The number of hydrogen-bond donors (Lipinski definition) is 0. The van der Waals surface area contributed by atoms with E-state index < -0.39 is 10.0 Å². The standard InChI is InChI=1S/C24H21N5O3S2/c30-24(22-21(25-11-12-26-22)23-27-19-8-4-5-9-20(19)33-23)28-13-15-29(16-14-28)34(31,32)17-10-18-6-2-1-3-7-18/h1-12,17H,13-16H2. The van der Waals surface area contributed by atoms with Crippen molar-refractivity contribution in [1.29, 1.82) is 0 Å². The number of benzene rings is 2. The molecule has 1 aliphatic rings. The molecule has 1 saturated heterocycles. The van der Waals surface area contributed by atoms with Gasteiger partial charge in [0.2, 0.25) is 10.0 Å². The number of rotatable bonds is 5. The van der Waals surface area contributed by atoms with E-state index in [1.54, 1.807) is 17.2 Å². The molecule has 1 amide bonds. The molecule has 0 aliphatic carbocycles. The minimum Gasteiger partial charge on any atom is -0.335 e. The first-order valence-corrected chi connectivity index (χ1v) is 13.0. The van der Waals surface area contributed by atoms with Gasteiger partial charge in [-0.05, 0) is 23.8 Å². The van der Waals surface area contributed by atoms with Crippen LogP contribution in [0.25, 0.3) is 27.0 Å². The Kier molecular flexibility index (Phi) is 6.18. The summed E-state index contributed by atoms with van der Waals surface area (Å²) in [5.74, 6) is -0.278. The Hall–Kier alpha value is -3.47. The minimum atomic E-state index is -3.58. The second kappa shape index (κ2) is 9.41. The number of para-hydroxylation sites is 1. The fraction of sp³-hybridized carbons (Fsp3) is 0.167. The molecule has 34 heavy (non-hydrogen) atoms. The molecule has 2 aromatic carbocycles. The third-order valence-electron chi connectivity index (χ3n) is 5.52. The zero-order valence-electron chi connectivity index (χ0n) is 18.1. The molecule has 1 aliphatic heterocycles. The molecule has 10 heteroatoms. The number of carbonyl (C=O) groups is 1. The van der Waals surface area contributed by atoms with Crippen LogP contribution in [0.3, 0.4) is 0 Å². The number of fused-ring (bicyclic) bond motifs is 1. The average Bonchev–Trinajstić information content (AvgIpc) is 3.32. The Bertz CT molecular complexity index is 1430. The van der Waals surface area contributed by atoms with Crippen LogP contribution >= 0.6 is 11.3 Å². The van der Waals surface area contributed by atoms with Gasteiger partial charge in [0.05, 0.1) is 10.2 Å². The summed E-state index contributed by atoms with van der Waals surface area (Å²) in [4.78, 5) is 28.2. The number of amides is 1. The van der Waals surface area contributed by atoms with Crippen molar-refractivity contribution in [3.05, 3.63) is 83.7 Å². The molecule has 2 aromatic heterocycles. The van der Waals surface area contributed by atoms with Crippen LogP contribution in [0.2, 0.25) is 0 Å². The smallest absolute Gasteiger partial charge is 0.274 e. The minimum absolute atomic E-state index is 0.212. The lowest BCUT2D eigenvalue weighted by Gasteiger charge is -2.33. The maximum Gasteiger partial charge on any atom is 0.274 e. The van der Waals surface area contributed by atoms with E-state index in [0.29, 0.717) is 10.7 Å². The number of thiazole rings is 1. The summed E-state index contributed by atoms with van der Waals surface area (Å²) in [6, 6.07) is 17.0. The van der Waals surface area contributed by atoms with Gasteiger partial charge in [-0.3, -0.25) is 4.79 Å². The Labute approximate surface area is 201 Å². The molecule has 5 rings (SSSR count). The zero-order valence-corrected chi connectivity index (χ0v) is 19.7. The molecule has 0 spiro atoms. The third-order valence-corrected chi connectivity index (χ3v) is 8.12. The molecule has 3 heterocycles. The molecule has 0 atom stereocenters. The van der Waals surface area contributed by atoms with E-state index in [1.165, 1.54) is 27.2 Å². The highest BCUT2D eigenvalue weighted by atomic mass is 32.2. The first-order chi connectivity index (χ1) is 16.5. The summed E-state index contributed by atoms with van der Waals surface area (Å²) < 4.78 is 27.9. The highest BCUT2D eigenvalue weighted by Crippen LogP contribution is 2.30. The van der Waals surface area contributed by atoms with Crippen molar-refractivity contribution < 1.29 is 13.2 Å². The van der Waals surface area contributed by atoms with E-state index >= 15 is 0 Å². The van der Waals surface area contributed by atoms with Crippen molar-refractivity contribution in [2.45, 2.75) is 0 Å². The molecule has 0 N–H and O–H groups in total. The van der Waals surface area contributed by atoms with Crippen LogP contribution in [0.15, 0.2) is 72.4 Å². The van der Waals surface area contributed by atoms with Crippen molar-refractivity contribution >= 4 is 43.6 Å². The third kappa shape index (κ3) is 4.60. The maximum atomic E-state index is 13.3. The van der Waals surface area contributed by atoms with Gasteiger partial charge in [0.15, 0.2) is 5.69 Å². The fourth-order valence-corrected chi connectivity index (χ4v) is 5.87. The quantitative estimate of drug-likeness (QED) is 0.424.